The van der Waals surface area contributed by atoms with Gasteiger partial charge in [-0.05, 0) is 6.08 Å². The Balaban J connectivity index is 0.0000230. The summed E-state index contributed by atoms with van der Waals surface area (Å²) in [6, 6.07) is 0. The van der Waals surface area contributed by atoms with Crippen molar-refractivity contribution >= 4 is 71.4 Å². The summed E-state index contributed by atoms with van der Waals surface area (Å²) in [5, 5.41) is 93.9. The summed E-state index contributed by atoms with van der Waals surface area (Å²) in [6.07, 6.45) is -10.9. The van der Waals surface area contributed by atoms with Crippen molar-refractivity contribution in [1.29, 1.82) is 0 Å². The van der Waals surface area contributed by atoms with Crippen LogP contribution in [-0.4, -0.2) is 187 Å². The number of benzene rings is 1. The standard InChI is InChI=1S/C25H30O23.Na.H/c1-42-18-19(45-23(39)12(33)6-28)16(43-21(37)10(31)4-26)9(2-3-15(36)47-48-25(41)14(35)8-30)17(44-22(38)11(32)5-27)20(18)46-24(40)13(34)7-29;;/h2-3,10-14,26-35H,4-8H2,1H3;;. The van der Waals surface area contributed by atoms with Crippen molar-refractivity contribution in [3.05, 3.63) is 11.6 Å². The number of carbonyl (C=O) groups is 6. The van der Waals surface area contributed by atoms with Gasteiger partial charge in [0.2, 0.25) is 17.2 Å². The number of hydrogen-bond donors (Lipinski definition) is 10. The molecule has 0 saturated carbocycles. The van der Waals surface area contributed by atoms with E-state index in [0.717, 1.165) is 7.11 Å². The van der Waals surface area contributed by atoms with Crippen LogP contribution in [0.3, 0.4) is 0 Å². The molecule has 0 heterocycles. The van der Waals surface area contributed by atoms with Gasteiger partial charge < -0.3 is 74.7 Å². The van der Waals surface area contributed by atoms with E-state index in [1.165, 1.54) is 0 Å². The van der Waals surface area contributed by atoms with Crippen LogP contribution >= 0.6 is 0 Å². The van der Waals surface area contributed by atoms with Crippen LogP contribution in [0.25, 0.3) is 6.08 Å². The maximum absolute atomic E-state index is 12.6. The maximum atomic E-state index is 12.6. The second kappa shape index (κ2) is 22.0. The fraction of sp³-hybridized carbons (Fsp3) is 0.440. The Morgan fingerprint density at radius 2 is 0.816 bits per heavy atom. The van der Waals surface area contributed by atoms with Gasteiger partial charge in [-0.2, -0.15) is 0 Å². The molecule has 0 aliphatic heterocycles. The van der Waals surface area contributed by atoms with Gasteiger partial charge in [-0.1, -0.05) is 0 Å². The monoisotopic (exact) mass is 722 g/mol. The third kappa shape index (κ3) is 12.9. The van der Waals surface area contributed by atoms with E-state index in [-0.39, 0.29) is 35.6 Å². The summed E-state index contributed by atoms with van der Waals surface area (Å²) in [7, 11) is 0.749. The number of esters is 4. The topological polar surface area (TPSA) is 369 Å². The zero-order valence-corrected chi connectivity index (χ0v) is 24.4. The van der Waals surface area contributed by atoms with Gasteiger partial charge in [0, 0.05) is 6.08 Å². The molecule has 0 aliphatic carbocycles. The molecule has 0 amide bonds. The van der Waals surface area contributed by atoms with Gasteiger partial charge in [-0.3, -0.25) is 0 Å². The molecule has 1 aromatic rings. The molecule has 10 N–H and O–H groups in total. The molecule has 0 saturated heterocycles. The van der Waals surface area contributed by atoms with Gasteiger partial charge in [-0.15, -0.1) is 0 Å². The van der Waals surface area contributed by atoms with Crippen molar-refractivity contribution in [3.8, 4) is 28.7 Å². The SMILES string of the molecule is COc1c(OC(=O)C(O)CO)c(OC(=O)C(O)CO)c(C=CC(=O)OOC(=O)C(O)CO)c(OC(=O)C(O)CO)c1OC(=O)C(O)CO.[NaH]. The first-order chi connectivity index (χ1) is 22.6. The van der Waals surface area contributed by atoms with Crippen molar-refractivity contribution in [3.63, 3.8) is 0 Å². The number of carbonyl (C=O) groups excluding carboxylic acids is 6. The number of ether oxygens (including phenoxy) is 5. The van der Waals surface area contributed by atoms with E-state index >= 15 is 0 Å². The number of methoxy groups -OCH3 is 1. The van der Waals surface area contributed by atoms with E-state index in [9.17, 15) is 74.7 Å². The summed E-state index contributed by atoms with van der Waals surface area (Å²) >= 11 is 0. The second-order valence-corrected chi connectivity index (χ2v) is 8.58. The summed E-state index contributed by atoms with van der Waals surface area (Å²) in [4.78, 5) is 82.0. The summed E-state index contributed by atoms with van der Waals surface area (Å²) < 4.78 is 24.8. The minimum atomic E-state index is -2.36. The van der Waals surface area contributed by atoms with Gasteiger partial charge >= 0.3 is 65.4 Å². The molecular formula is C25H31NaO23. The van der Waals surface area contributed by atoms with Gasteiger partial charge in [-0.25, -0.2) is 38.5 Å². The van der Waals surface area contributed by atoms with Gasteiger partial charge in [0.15, 0.2) is 42.0 Å². The van der Waals surface area contributed by atoms with E-state index in [1.807, 2.05) is 0 Å². The molecule has 0 spiro atoms. The van der Waals surface area contributed by atoms with Crippen molar-refractivity contribution in [2.45, 2.75) is 30.5 Å². The van der Waals surface area contributed by atoms with Gasteiger partial charge in [0.1, 0.15) is 0 Å². The fourth-order valence-corrected chi connectivity index (χ4v) is 2.75. The van der Waals surface area contributed by atoms with Crippen LogP contribution in [0.15, 0.2) is 6.08 Å². The molecule has 0 aliphatic rings. The van der Waals surface area contributed by atoms with Crippen molar-refractivity contribution in [1.82, 2.24) is 0 Å². The van der Waals surface area contributed by atoms with Crippen LogP contribution in [-0.2, 0) is 38.5 Å². The van der Waals surface area contributed by atoms with Crippen molar-refractivity contribution < 1.29 is 113 Å². The molecule has 0 aromatic heterocycles. The molecule has 0 fully saturated rings. The Bertz CT molecular complexity index is 1290. The molecule has 23 nitrogen and oxygen atoms in total. The molecule has 49 heavy (non-hydrogen) atoms. The number of hydrogen-bond acceptors (Lipinski definition) is 23. The first-order valence-corrected chi connectivity index (χ1v) is 12.8. The average Bonchev–Trinajstić information content (AvgIpc) is 3.09. The molecular weight excluding hydrogens is 691 g/mol. The summed E-state index contributed by atoms with van der Waals surface area (Å²) in [5.74, 6) is -16.6. The number of rotatable bonds is 17. The third-order valence-corrected chi connectivity index (χ3v) is 5.15. The first kappa shape index (κ1) is 45.2. The van der Waals surface area contributed by atoms with E-state index in [1.54, 1.807) is 0 Å². The zero-order chi connectivity index (χ0) is 36.7. The van der Waals surface area contributed by atoms with E-state index < -0.39 is 134 Å². The molecule has 0 bridgehead atoms. The van der Waals surface area contributed by atoms with Crippen LogP contribution in [0.5, 0.6) is 28.7 Å². The molecule has 5 atom stereocenters. The minimum absolute atomic E-state index is 0. The molecule has 0 radical (unpaired) electrons. The predicted molar refractivity (Wildman–Crippen MR) is 149 cm³/mol. The Morgan fingerprint density at radius 3 is 1.12 bits per heavy atom. The van der Waals surface area contributed by atoms with Crippen LogP contribution in [0.4, 0.5) is 0 Å². The Hall–Kier alpha value is -3.82. The molecule has 24 heteroatoms. The van der Waals surface area contributed by atoms with E-state index in [0.29, 0.717) is 6.08 Å². The molecule has 1 aromatic carbocycles. The summed E-state index contributed by atoms with van der Waals surface area (Å²) in [6.45, 7) is -6.30. The van der Waals surface area contributed by atoms with Crippen molar-refractivity contribution in [2.24, 2.45) is 0 Å². The van der Waals surface area contributed by atoms with Crippen LogP contribution < -0.4 is 23.7 Å². The first-order valence-electron chi connectivity index (χ1n) is 12.8. The Labute approximate surface area is 295 Å². The van der Waals surface area contributed by atoms with E-state index in [2.05, 4.69) is 9.78 Å². The van der Waals surface area contributed by atoms with Crippen LogP contribution in [0, 0.1) is 0 Å². The fourth-order valence-electron chi connectivity index (χ4n) is 2.75. The summed E-state index contributed by atoms with van der Waals surface area (Å²) in [5.41, 5.74) is -1.07. The average molecular weight is 722 g/mol. The van der Waals surface area contributed by atoms with Gasteiger partial charge in [0.25, 0.3) is 0 Å². The van der Waals surface area contributed by atoms with Crippen molar-refractivity contribution in [2.75, 3.05) is 40.1 Å². The second-order valence-electron chi connectivity index (χ2n) is 8.58. The molecule has 1 rings (SSSR count). The van der Waals surface area contributed by atoms with Crippen LogP contribution in [0.2, 0.25) is 0 Å². The number of aliphatic hydroxyl groups excluding tert-OH is 10. The van der Waals surface area contributed by atoms with Gasteiger partial charge in [0.05, 0.1) is 45.7 Å². The third-order valence-electron chi connectivity index (χ3n) is 5.15. The van der Waals surface area contributed by atoms with E-state index in [4.69, 9.17) is 28.8 Å². The normalized spacial score (nSPS) is 13.9. The zero-order valence-electron chi connectivity index (χ0n) is 24.4. The Kier molecular flexibility index (Phi) is 20.3. The van der Waals surface area contributed by atoms with Crippen LogP contribution in [0.1, 0.15) is 5.56 Å². The Morgan fingerprint density at radius 1 is 0.510 bits per heavy atom. The molecule has 5 unspecified atom stereocenters. The molecule has 270 valence electrons. The quantitative estimate of drug-likeness (QED) is 0.0178. The predicted octanol–water partition coefficient (Wildman–Crippen LogP) is -7.55. The number of aliphatic hydroxyl groups is 10.